The number of ether oxygens (including phenoxy) is 1. The van der Waals surface area contributed by atoms with E-state index in [-0.39, 0.29) is 5.91 Å². The normalized spacial score (nSPS) is 10.6. The molecule has 0 fully saturated rings. The van der Waals surface area contributed by atoms with Gasteiger partial charge >= 0.3 is 0 Å². The van der Waals surface area contributed by atoms with Crippen LogP contribution in [0.15, 0.2) is 48.5 Å². The minimum atomic E-state index is -0.216. The molecule has 0 spiro atoms. The average Bonchev–Trinajstić information content (AvgIpc) is 2.48. The molecule has 2 rings (SSSR count). The van der Waals surface area contributed by atoms with Crippen LogP contribution in [0.1, 0.15) is 11.1 Å². The van der Waals surface area contributed by atoms with Crippen LogP contribution in [0.25, 0.3) is 6.08 Å². The number of benzene rings is 2. The van der Waals surface area contributed by atoms with Gasteiger partial charge < -0.3 is 10.1 Å². The number of hydrogen-bond donors (Lipinski definition) is 1. The highest BCUT2D eigenvalue weighted by Crippen LogP contribution is 2.25. The van der Waals surface area contributed by atoms with Crippen molar-refractivity contribution in [1.29, 1.82) is 0 Å². The molecule has 0 aliphatic rings. The van der Waals surface area contributed by atoms with E-state index in [0.717, 1.165) is 11.1 Å². The van der Waals surface area contributed by atoms with Crippen LogP contribution < -0.4 is 10.1 Å². The molecule has 0 aliphatic carbocycles. The summed E-state index contributed by atoms with van der Waals surface area (Å²) in [6.07, 6.45) is 3.20. The van der Waals surface area contributed by atoms with E-state index in [2.05, 4.69) is 5.32 Å². The van der Waals surface area contributed by atoms with E-state index < -0.39 is 0 Å². The SMILES string of the molecule is COc1cc(C)ccc1NC(=O)/C=C/c1ccc(Cl)cc1. The first-order valence-electron chi connectivity index (χ1n) is 6.48. The van der Waals surface area contributed by atoms with Crippen molar-refractivity contribution in [2.45, 2.75) is 6.92 Å². The first-order valence-corrected chi connectivity index (χ1v) is 6.85. The largest absolute Gasteiger partial charge is 0.495 e. The van der Waals surface area contributed by atoms with E-state index in [4.69, 9.17) is 16.3 Å². The summed E-state index contributed by atoms with van der Waals surface area (Å²) in [5.74, 6) is 0.426. The summed E-state index contributed by atoms with van der Waals surface area (Å²) in [4.78, 5) is 11.9. The van der Waals surface area contributed by atoms with Gasteiger partial charge in [-0.3, -0.25) is 4.79 Å². The van der Waals surface area contributed by atoms with E-state index in [1.165, 1.54) is 6.08 Å². The lowest BCUT2D eigenvalue weighted by Gasteiger charge is -2.09. The van der Waals surface area contributed by atoms with E-state index in [1.54, 1.807) is 25.3 Å². The standard InChI is InChI=1S/C17H16ClNO2/c1-12-3-9-15(16(11-12)21-2)19-17(20)10-6-13-4-7-14(18)8-5-13/h3-11H,1-2H3,(H,19,20)/b10-6+. The van der Waals surface area contributed by atoms with Crippen molar-refractivity contribution in [2.24, 2.45) is 0 Å². The van der Waals surface area contributed by atoms with Gasteiger partial charge in [0.05, 0.1) is 12.8 Å². The Balaban J connectivity index is 2.06. The van der Waals surface area contributed by atoms with Crippen molar-refractivity contribution in [3.05, 3.63) is 64.7 Å². The number of aryl methyl sites for hydroxylation is 1. The molecule has 0 heterocycles. The molecular weight excluding hydrogens is 286 g/mol. The highest BCUT2D eigenvalue weighted by molar-refractivity contribution is 6.30. The number of rotatable bonds is 4. The lowest BCUT2D eigenvalue weighted by atomic mass is 10.2. The summed E-state index contributed by atoms with van der Waals surface area (Å²) < 4.78 is 5.25. The van der Waals surface area contributed by atoms with Gasteiger partial charge in [0, 0.05) is 11.1 Å². The van der Waals surface area contributed by atoms with Crippen LogP contribution in [0.5, 0.6) is 5.75 Å². The Kier molecular flexibility index (Phi) is 5.01. The van der Waals surface area contributed by atoms with Gasteiger partial charge in [-0.15, -0.1) is 0 Å². The van der Waals surface area contributed by atoms with Crippen molar-refractivity contribution in [3.8, 4) is 5.75 Å². The maximum absolute atomic E-state index is 11.9. The molecular formula is C17H16ClNO2. The van der Waals surface area contributed by atoms with Crippen molar-refractivity contribution in [3.63, 3.8) is 0 Å². The summed E-state index contributed by atoms with van der Waals surface area (Å²) >= 11 is 5.81. The zero-order valence-electron chi connectivity index (χ0n) is 11.9. The predicted octanol–water partition coefficient (Wildman–Crippen LogP) is 4.31. The third kappa shape index (κ3) is 4.36. The van der Waals surface area contributed by atoms with Gasteiger partial charge in [-0.2, -0.15) is 0 Å². The molecule has 3 nitrogen and oxygen atoms in total. The summed E-state index contributed by atoms with van der Waals surface area (Å²) in [7, 11) is 1.58. The van der Waals surface area contributed by atoms with Gasteiger partial charge in [-0.05, 0) is 48.4 Å². The highest BCUT2D eigenvalue weighted by Gasteiger charge is 2.05. The van der Waals surface area contributed by atoms with Gasteiger partial charge in [0.1, 0.15) is 5.75 Å². The lowest BCUT2D eigenvalue weighted by Crippen LogP contribution is -2.08. The second-order valence-electron chi connectivity index (χ2n) is 4.58. The minimum Gasteiger partial charge on any atom is -0.495 e. The maximum atomic E-state index is 11.9. The van der Waals surface area contributed by atoms with E-state index in [0.29, 0.717) is 16.5 Å². The molecule has 0 saturated carbocycles. The Morgan fingerprint density at radius 3 is 2.57 bits per heavy atom. The number of carbonyl (C=O) groups is 1. The third-order valence-electron chi connectivity index (χ3n) is 2.91. The van der Waals surface area contributed by atoms with Gasteiger partial charge in [0.25, 0.3) is 0 Å². The predicted molar refractivity (Wildman–Crippen MR) is 86.8 cm³/mol. The van der Waals surface area contributed by atoms with Crippen LogP contribution in [-0.4, -0.2) is 13.0 Å². The Bertz CT molecular complexity index is 663. The monoisotopic (exact) mass is 301 g/mol. The Morgan fingerprint density at radius 1 is 1.19 bits per heavy atom. The van der Waals surface area contributed by atoms with Gasteiger partial charge in [0.15, 0.2) is 0 Å². The minimum absolute atomic E-state index is 0.216. The molecule has 0 saturated heterocycles. The van der Waals surface area contributed by atoms with Crippen molar-refractivity contribution >= 4 is 29.3 Å². The molecule has 0 atom stereocenters. The molecule has 0 radical (unpaired) electrons. The molecule has 1 amide bonds. The quantitative estimate of drug-likeness (QED) is 0.855. The Labute approximate surface area is 129 Å². The van der Waals surface area contributed by atoms with Crippen LogP contribution in [0, 0.1) is 6.92 Å². The number of halogens is 1. The Hall–Kier alpha value is -2.26. The molecule has 0 aliphatic heterocycles. The van der Waals surface area contributed by atoms with Crippen LogP contribution >= 0.6 is 11.6 Å². The van der Waals surface area contributed by atoms with E-state index in [1.807, 2.05) is 37.3 Å². The van der Waals surface area contributed by atoms with Crippen LogP contribution in [0.2, 0.25) is 5.02 Å². The lowest BCUT2D eigenvalue weighted by molar-refractivity contribution is -0.111. The molecule has 0 unspecified atom stereocenters. The zero-order chi connectivity index (χ0) is 15.2. The molecule has 1 N–H and O–H groups in total. The summed E-state index contributed by atoms with van der Waals surface area (Å²) in [5, 5.41) is 3.46. The molecule has 108 valence electrons. The van der Waals surface area contributed by atoms with Gasteiger partial charge in [-0.1, -0.05) is 29.8 Å². The fraction of sp³-hybridized carbons (Fsp3) is 0.118. The van der Waals surface area contributed by atoms with E-state index in [9.17, 15) is 4.79 Å². The number of nitrogens with one attached hydrogen (secondary N) is 1. The fourth-order valence-electron chi connectivity index (χ4n) is 1.82. The molecule has 2 aromatic carbocycles. The molecule has 21 heavy (non-hydrogen) atoms. The summed E-state index contributed by atoms with van der Waals surface area (Å²) in [5.41, 5.74) is 2.63. The van der Waals surface area contributed by atoms with E-state index >= 15 is 0 Å². The number of methoxy groups -OCH3 is 1. The van der Waals surface area contributed by atoms with Gasteiger partial charge in [0.2, 0.25) is 5.91 Å². The zero-order valence-corrected chi connectivity index (χ0v) is 12.6. The molecule has 2 aromatic rings. The third-order valence-corrected chi connectivity index (χ3v) is 3.16. The number of hydrogen-bond acceptors (Lipinski definition) is 2. The summed E-state index contributed by atoms with van der Waals surface area (Å²) in [6, 6.07) is 12.9. The van der Waals surface area contributed by atoms with Crippen LogP contribution in [0.3, 0.4) is 0 Å². The fourth-order valence-corrected chi connectivity index (χ4v) is 1.95. The van der Waals surface area contributed by atoms with Crippen molar-refractivity contribution < 1.29 is 9.53 Å². The first kappa shape index (κ1) is 15.1. The van der Waals surface area contributed by atoms with Crippen LogP contribution in [-0.2, 0) is 4.79 Å². The number of carbonyl (C=O) groups excluding carboxylic acids is 1. The van der Waals surface area contributed by atoms with Crippen molar-refractivity contribution in [1.82, 2.24) is 0 Å². The Morgan fingerprint density at radius 2 is 1.90 bits per heavy atom. The number of amides is 1. The molecule has 0 bridgehead atoms. The maximum Gasteiger partial charge on any atom is 0.248 e. The van der Waals surface area contributed by atoms with Crippen molar-refractivity contribution in [2.75, 3.05) is 12.4 Å². The first-order chi connectivity index (χ1) is 10.1. The van der Waals surface area contributed by atoms with Gasteiger partial charge in [-0.25, -0.2) is 0 Å². The van der Waals surface area contributed by atoms with Crippen LogP contribution in [0.4, 0.5) is 5.69 Å². The second kappa shape index (κ2) is 6.95. The summed E-state index contributed by atoms with van der Waals surface area (Å²) in [6.45, 7) is 1.97. The molecule has 4 heteroatoms. The highest BCUT2D eigenvalue weighted by atomic mass is 35.5. The topological polar surface area (TPSA) is 38.3 Å². The second-order valence-corrected chi connectivity index (χ2v) is 5.01. The number of anilines is 1. The molecule has 0 aromatic heterocycles. The smallest absolute Gasteiger partial charge is 0.248 e. The average molecular weight is 302 g/mol.